The molecule has 0 spiro atoms. The van der Waals surface area contributed by atoms with Crippen molar-refractivity contribution in [1.82, 2.24) is 0 Å². The Morgan fingerprint density at radius 3 is 2.04 bits per heavy atom. The molecule has 0 aromatic heterocycles. The largest absolute Gasteiger partial charge is 0.390 e. The zero-order valence-corrected chi connectivity index (χ0v) is 19.9. The van der Waals surface area contributed by atoms with Gasteiger partial charge in [0.05, 0.1) is 18.3 Å². The van der Waals surface area contributed by atoms with Crippen LogP contribution in [-0.2, 0) is 14.2 Å². The molecule has 6 heteroatoms. The van der Waals surface area contributed by atoms with E-state index in [2.05, 4.69) is 27.7 Å². The van der Waals surface area contributed by atoms with Crippen molar-refractivity contribution in [3.63, 3.8) is 0 Å². The van der Waals surface area contributed by atoms with Gasteiger partial charge in [0.15, 0.2) is 12.6 Å². The number of rotatable bonds is 3. The molecule has 1 radical (unpaired) electrons. The molecule has 2 heterocycles. The van der Waals surface area contributed by atoms with Gasteiger partial charge in [-0.05, 0) is 25.2 Å². The van der Waals surface area contributed by atoms with Crippen LogP contribution in [0.15, 0.2) is 0 Å². The summed E-state index contributed by atoms with van der Waals surface area (Å²) in [6.07, 6.45) is -2.03. The number of hydrogen-bond donors (Lipinski definition) is 2. The number of hydrogen-bond acceptors (Lipinski definition) is 5. The summed E-state index contributed by atoms with van der Waals surface area (Å²) >= 11 is 0. The first kappa shape index (κ1) is 22.3. The van der Waals surface area contributed by atoms with Crippen molar-refractivity contribution in [3.05, 3.63) is 0 Å². The minimum absolute atomic E-state index is 0. The van der Waals surface area contributed by atoms with Crippen LogP contribution in [0.1, 0.15) is 48.0 Å². The molecular weight excluding hydrogens is 511 g/mol. The molecule has 5 unspecified atom stereocenters. The van der Waals surface area contributed by atoms with Crippen LogP contribution in [0, 0.1) is 67.7 Å². The second kappa shape index (κ2) is 9.26. The van der Waals surface area contributed by atoms with Gasteiger partial charge in [0.2, 0.25) is 0 Å². The van der Waals surface area contributed by atoms with Gasteiger partial charge in [-0.2, -0.15) is 0 Å². The third kappa shape index (κ3) is 4.70. The Bertz CT molecular complexity index is 367. The van der Waals surface area contributed by atoms with E-state index in [0.29, 0.717) is 18.3 Å². The zero-order chi connectivity index (χ0) is 16.6. The van der Waals surface area contributed by atoms with Crippen molar-refractivity contribution >= 4 is 0 Å². The summed E-state index contributed by atoms with van der Waals surface area (Å²) in [6, 6.07) is 0. The quantitative estimate of drug-likeness (QED) is 0.572. The normalized spacial score (nSPS) is 51.1. The number of ether oxygens (including phenoxy) is 3. The summed E-state index contributed by atoms with van der Waals surface area (Å²) < 4.78 is 17.8. The van der Waals surface area contributed by atoms with Crippen molar-refractivity contribution in [2.75, 3.05) is 0 Å². The Labute approximate surface area is 176 Å². The van der Waals surface area contributed by atoms with Crippen LogP contribution in [0.3, 0.4) is 0 Å². The van der Waals surface area contributed by atoms with E-state index in [0.717, 1.165) is 0 Å². The Kier molecular flexibility index (Phi) is 8.97. The van der Waals surface area contributed by atoms with Crippen LogP contribution in [0.4, 0.5) is 0 Å². The third-order valence-electron chi connectivity index (χ3n) is 5.88. The molecule has 0 saturated carbocycles. The van der Waals surface area contributed by atoms with Gasteiger partial charge in [0.1, 0.15) is 6.10 Å². The average Bonchev–Trinajstić information content (AvgIpc) is 2.50. The number of aliphatic hydroxyl groups is 2. The molecule has 2 aliphatic rings. The van der Waals surface area contributed by atoms with Gasteiger partial charge in [-0.3, -0.25) is 0 Å². The molecule has 2 rings (SSSR count). The first-order valence-corrected chi connectivity index (χ1v) is 8.60. The Morgan fingerprint density at radius 2 is 1.48 bits per heavy atom. The fourth-order valence-electron chi connectivity index (χ4n) is 3.49. The van der Waals surface area contributed by atoms with Crippen molar-refractivity contribution in [3.8, 4) is 0 Å². The molecule has 0 aliphatic carbocycles. The fraction of sp³-hybridized carbons (Fsp3) is 1.00. The summed E-state index contributed by atoms with van der Waals surface area (Å²) in [4.78, 5) is 0. The second-order valence-electron chi connectivity index (χ2n) is 7.21. The molecule has 0 amide bonds. The average molecular weight is 543 g/mol. The van der Waals surface area contributed by atoms with Gasteiger partial charge in [-0.15, -0.1) is 0 Å². The first-order valence-electron chi connectivity index (χ1n) is 8.60. The van der Waals surface area contributed by atoms with Crippen molar-refractivity contribution in [2.24, 2.45) is 23.7 Å². The topological polar surface area (TPSA) is 68.2 Å². The maximum atomic E-state index is 10.5. The minimum Gasteiger partial charge on any atom is -0.390 e. The molecular formula is C17H32AcO5. The summed E-state index contributed by atoms with van der Waals surface area (Å²) in [5, 5.41) is 20.4. The standard InChI is InChI=1S/C17H32O5.Ac/c1-7-13-15(14(18)11(5)16(19)21-13)22-17-10(4)8(2)9(3)12(6)20-17;/h8-19H,7H2,1-6H3;/t8?,9-,10?,11?,12+,13?,14+,15-,16?,17+;/m0./s1. The summed E-state index contributed by atoms with van der Waals surface area (Å²) in [5.41, 5.74) is 0. The van der Waals surface area contributed by atoms with Crippen LogP contribution < -0.4 is 0 Å². The summed E-state index contributed by atoms with van der Waals surface area (Å²) in [6.45, 7) is 12.4. The van der Waals surface area contributed by atoms with Crippen LogP contribution in [0.25, 0.3) is 0 Å². The predicted octanol–water partition coefficient (Wildman–Crippen LogP) is 2.15. The second-order valence-corrected chi connectivity index (χ2v) is 7.21. The minimum atomic E-state index is -0.942. The molecule has 5 nitrogen and oxygen atoms in total. The van der Waals surface area contributed by atoms with Crippen LogP contribution in [-0.4, -0.2) is 47.2 Å². The Balaban J connectivity index is 0.00000264. The molecule has 2 fully saturated rings. The van der Waals surface area contributed by atoms with Crippen molar-refractivity contribution in [1.29, 1.82) is 0 Å². The van der Waals surface area contributed by atoms with E-state index in [1.165, 1.54) is 0 Å². The molecule has 23 heavy (non-hydrogen) atoms. The number of aliphatic hydroxyl groups excluding tert-OH is 2. The zero-order valence-electron chi connectivity index (χ0n) is 15.2. The van der Waals surface area contributed by atoms with Crippen molar-refractivity contribution in [2.45, 2.75) is 85.0 Å². The SMILES string of the molecule is CCC1OC(O)C(C)[C@@H](O)[C@H]1O[C@H]1O[C@H](C)[C@@H](C)C(C)C1C.[Ac]. The van der Waals surface area contributed by atoms with E-state index < -0.39 is 18.5 Å². The predicted molar refractivity (Wildman–Crippen MR) is 83.0 cm³/mol. The van der Waals surface area contributed by atoms with Gasteiger partial charge in [0.25, 0.3) is 0 Å². The molecule has 10 atom stereocenters. The maximum absolute atomic E-state index is 10.5. The van der Waals surface area contributed by atoms with Gasteiger partial charge in [-0.25, -0.2) is 0 Å². The molecule has 0 bridgehead atoms. The third-order valence-corrected chi connectivity index (χ3v) is 5.88. The van der Waals surface area contributed by atoms with Gasteiger partial charge in [0, 0.05) is 55.9 Å². The van der Waals surface area contributed by atoms with Gasteiger partial charge >= 0.3 is 0 Å². The van der Waals surface area contributed by atoms with E-state index in [4.69, 9.17) is 14.2 Å². The van der Waals surface area contributed by atoms with Crippen LogP contribution >= 0.6 is 0 Å². The molecule has 2 saturated heterocycles. The van der Waals surface area contributed by atoms with Gasteiger partial charge in [-0.1, -0.05) is 34.6 Å². The van der Waals surface area contributed by atoms with E-state index in [1.807, 2.05) is 6.92 Å². The van der Waals surface area contributed by atoms with Crippen LogP contribution in [0.5, 0.6) is 0 Å². The maximum Gasteiger partial charge on any atom is 0.161 e. The smallest absolute Gasteiger partial charge is 0.161 e. The van der Waals surface area contributed by atoms with Gasteiger partial charge < -0.3 is 24.4 Å². The molecule has 133 valence electrons. The fourth-order valence-corrected chi connectivity index (χ4v) is 3.49. The summed E-state index contributed by atoms with van der Waals surface area (Å²) in [7, 11) is 0. The molecule has 0 aromatic rings. The molecule has 2 aliphatic heterocycles. The Hall–Kier alpha value is 1.24. The van der Waals surface area contributed by atoms with E-state index in [1.54, 1.807) is 6.92 Å². The Morgan fingerprint density at radius 1 is 0.870 bits per heavy atom. The first-order chi connectivity index (χ1) is 10.3. The van der Waals surface area contributed by atoms with Crippen molar-refractivity contribution < 1.29 is 68.5 Å². The monoisotopic (exact) mass is 543 g/mol. The summed E-state index contributed by atoms with van der Waals surface area (Å²) in [5.74, 6) is 0.835. The van der Waals surface area contributed by atoms with E-state index in [-0.39, 0.29) is 74.4 Å². The van der Waals surface area contributed by atoms with Crippen LogP contribution in [0.2, 0.25) is 0 Å². The van der Waals surface area contributed by atoms with E-state index >= 15 is 0 Å². The molecule has 0 aromatic carbocycles. The van der Waals surface area contributed by atoms with E-state index in [9.17, 15) is 10.2 Å². The molecule has 2 N–H and O–H groups in total.